The van der Waals surface area contributed by atoms with Gasteiger partial charge < -0.3 is 14.6 Å². The molecule has 1 atom stereocenters. The molecule has 0 saturated heterocycles. The van der Waals surface area contributed by atoms with Crippen molar-refractivity contribution in [3.8, 4) is 11.5 Å². The Hall–Kier alpha value is -2.64. The molecular formula is C23H24ClFN2O4. The molecule has 0 saturated carbocycles. The minimum atomic E-state index is -1.85. The Bertz CT molecular complexity index is 1100. The molecule has 2 aromatic carbocycles. The van der Waals surface area contributed by atoms with Crippen LogP contribution in [0.2, 0.25) is 5.02 Å². The summed E-state index contributed by atoms with van der Waals surface area (Å²) in [5.74, 6) is -0.432. The van der Waals surface area contributed by atoms with E-state index in [1.165, 1.54) is 19.2 Å². The Morgan fingerprint density at radius 3 is 2.65 bits per heavy atom. The molecule has 31 heavy (non-hydrogen) atoms. The SMILES string of the molecule is CC1=NN(C)C(=O)CC1(O)c1c(F)ccc(Cl)c1CCc1ccc2c(c1)OC(C)(C)O2. The van der Waals surface area contributed by atoms with Gasteiger partial charge in [-0.3, -0.25) is 4.79 Å². The van der Waals surface area contributed by atoms with Gasteiger partial charge in [-0.25, -0.2) is 9.40 Å². The third-order valence-electron chi connectivity index (χ3n) is 5.67. The molecule has 0 aliphatic carbocycles. The summed E-state index contributed by atoms with van der Waals surface area (Å²) in [6, 6.07) is 8.31. The molecule has 1 unspecified atom stereocenters. The lowest BCUT2D eigenvalue weighted by molar-refractivity contribution is -0.135. The molecule has 8 heteroatoms. The van der Waals surface area contributed by atoms with Crippen LogP contribution in [0.4, 0.5) is 4.39 Å². The van der Waals surface area contributed by atoms with Gasteiger partial charge in [-0.05, 0) is 55.2 Å². The first-order valence-electron chi connectivity index (χ1n) is 10.0. The molecule has 2 aromatic rings. The Kier molecular flexibility index (Phi) is 5.22. The number of carbonyl (C=O) groups excluding carboxylic acids is 1. The molecule has 164 valence electrons. The normalized spacial score (nSPS) is 22.0. The number of aryl methyl sites for hydroxylation is 1. The van der Waals surface area contributed by atoms with E-state index >= 15 is 4.39 Å². The Morgan fingerprint density at radius 1 is 1.19 bits per heavy atom. The molecule has 2 aliphatic rings. The molecule has 0 aromatic heterocycles. The van der Waals surface area contributed by atoms with Gasteiger partial charge in [0.25, 0.3) is 0 Å². The van der Waals surface area contributed by atoms with Crippen LogP contribution in [-0.2, 0) is 23.2 Å². The van der Waals surface area contributed by atoms with Crippen LogP contribution in [0.1, 0.15) is 43.9 Å². The maximum atomic E-state index is 15.0. The summed E-state index contributed by atoms with van der Waals surface area (Å²) in [6.07, 6.45) is 0.574. The van der Waals surface area contributed by atoms with Crippen molar-refractivity contribution >= 4 is 23.2 Å². The predicted octanol–water partition coefficient (Wildman–Crippen LogP) is 4.20. The van der Waals surface area contributed by atoms with E-state index in [9.17, 15) is 9.90 Å². The van der Waals surface area contributed by atoms with Gasteiger partial charge in [0.15, 0.2) is 11.5 Å². The van der Waals surface area contributed by atoms with Crippen molar-refractivity contribution in [3.63, 3.8) is 0 Å². The van der Waals surface area contributed by atoms with E-state index in [2.05, 4.69) is 5.10 Å². The monoisotopic (exact) mass is 446 g/mol. The lowest BCUT2D eigenvalue weighted by Gasteiger charge is -2.35. The van der Waals surface area contributed by atoms with E-state index < -0.39 is 23.1 Å². The second-order valence-corrected chi connectivity index (χ2v) is 8.81. The van der Waals surface area contributed by atoms with Crippen LogP contribution in [0.3, 0.4) is 0 Å². The maximum Gasteiger partial charge on any atom is 0.246 e. The fourth-order valence-electron chi connectivity index (χ4n) is 4.07. The van der Waals surface area contributed by atoms with Gasteiger partial charge in [-0.1, -0.05) is 17.7 Å². The number of ether oxygens (including phenoxy) is 2. The van der Waals surface area contributed by atoms with Crippen molar-refractivity contribution in [2.75, 3.05) is 7.05 Å². The van der Waals surface area contributed by atoms with Gasteiger partial charge in [-0.2, -0.15) is 5.10 Å². The highest BCUT2D eigenvalue weighted by Gasteiger charge is 2.44. The summed E-state index contributed by atoms with van der Waals surface area (Å²) in [6.45, 7) is 5.24. The van der Waals surface area contributed by atoms with Gasteiger partial charge in [0.05, 0.1) is 12.1 Å². The topological polar surface area (TPSA) is 71.4 Å². The molecule has 2 aliphatic heterocycles. The lowest BCUT2D eigenvalue weighted by Crippen LogP contribution is -2.46. The zero-order valence-electron chi connectivity index (χ0n) is 17.8. The smallest absolute Gasteiger partial charge is 0.246 e. The lowest BCUT2D eigenvalue weighted by atomic mass is 9.80. The van der Waals surface area contributed by atoms with Gasteiger partial charge in [0, 0.05) is 31.5 Å². The van der Waals surface area contributed by atoms with Crippen LogP contribution in [0.5, 0.6) is 11.5 Å². The van der Waals surface area contributed by atoms with Crippen LogP contribution in [0, 0.1) is 5.82 Å². The Morgan fingerprint density at radius 2 is 1.90 bits per heavy atom. The molecule has 6 nitrogen and oxygen atoms in total. The van der Waals surface area contributed by atoms with Crippen molar-refractivity contribution in [1.29, 1.82) is 0 Å². The van der Waals surface area contributed by atoms with Gasteiger partial charge in [-0.15, -0.1) is 0 Å². The van der Waals surface area contributed by atoms with Gasteiger partial charge in [0.1, 0.15) is 11.4 Å². The fraction of sp³-hybridized carbons (Fsp3) is 0.391. The minimum Gasteiger partial charge on any atom is -0.449 e. The molecule has 1 N–H and O–H groups in total. The molecule has 0 bridgehead atoms. The highest BCUT2D eigenvalue weighted by atomic mass is 35.5. The number of carbonyl (C=O) groups is 1. The summed E-state index contributed by atoms with van der Waals surface area (Å²) in [5.41, 5.74) is -0.212. The van der Waals surface area contributed by atoms with E-state index in [1.54, 1.807) is 6.92 Å². The first-order chi connectivity index (χ1) is 14.5. The van der Waals surface area contributed by atoms with Crippen molar-refractivity contribution < 1.29 is 23.8 Å². The van der Waals surface area contributed by atoms with Crippen molar-refractivity contribution in [2.45, 2.75) is 51.4 Å². The molecule has 2 heterocycles. The van der Waals surface area contributed by atoms with E-state index in [0.29, 0.717) is 34.9 Å². The standard InChI is InChI=1S/C23H24ClFN2O4/c1-13-23(29,12-20(28)27(4)26-13)21-15(16(24)8-9-17(21)25)7-5-14-6-10-18-19(11-14)31-22(2,3)30-18/h6,8-11,29H,5,7,12H2,1-4H3. The summed E-state index contributed by atoms with van der Waals surface area (Å²) in [4.78, 5) is 12.3. The molecule has 0 spiro atoms. The number of hydrazone groups is 1. The third kappa shape index (κ3) is 3.88. The Labute approximate surface area is 185 Å². The predicted molar refractivity (Wildman–Crippen MR) is 115 cm³/mol. The molecule has 1 amide bonds. The van der Waals surface area contributed by atoms with Crippen molar-refractivity contribution in [2.24, 2.45) is 5.10 Å². The number of rotatable bonds is 4. The highest BCUT2D eigenvalue weighted by Crippen LogP contribution is 2.41. The first kappa shape index (κ1) is 21.6. The molecule has 4 rings (SSSR count). The van der Waals surface area contributed by atoms with Crippen LogP contribution >= 0.6 is 11.6 Å². The summed E-state index contributed by atoms with van der Waals surface area (Å²) in [5, 5.41) is 16.9. The number of hydrogen-bond acceptors (Lipinski definition) is 5. The number of amides is 1. The third-order valence-corrected chi connectivity index (χ3v) is 6.02. The fourth-order valence-corrected chi connectivity index (χ4v) is 4.32. The summed E-state index contributed by atoms with van der Waals surface area (Å²) >= 11 is 6.44. The quantitative estimate of drug-likeness (QED) is 0.764. The Balaban J connectivity index is 1.67. The van der Waals surface area contributed by atoms with E-state index in [4.69, 9.17) is 21.1 Å². The van der Waals surface area contributed by atoms with Crippen molar-refractivity contribution in [1.82, 2.24) is 5.01 Å². The number of hydrogen-bond donors (Lipinski definition) is 1. The van der Waals surface area contributed by atoms with Gasteiger partial charge in [0.2, 0.25) is 11.7 Å². The maximum absolute atomic E-state index is 15.0. The average molecular weight is 447 g/mol. The van der Waals surface area contributed by atoms with Crippen LogP contribution in [0.15, 0.2) is 35.4 Å². The zero-order chi connectivity index (χ0) is 22.6. The summed E-state index contributed by atoms with van der Waals surface area (Å²) < 4.78 is 26.5. The number of halogens is 2. The number of nitrogens with zero attached hydrogens (tertiary/aromatic N) is 2. The largest absolute Gasteiger partial charge is 0.449 e. The van der Waals surface area contributed by atoms with Crippen molar-refractivity contribution in [3.05, 3.63) is 57.9 Å². The van der Waals surface area contributed by atoms with Gasteiger partial charge >= 0.3 is 0 Å². The van der Waals surface area contributed by atoms with E-state index in [0.717, 1.165) is 10.6 Å². The molecular weight excluding hydrogens is 423 g/mol. The van der Waals surface area contributed by atoms with E-state index in [1.807, 2.05) is 32.0 Å². The summed E-state index contributed by atoms with van der Waals surface area (Å²) in [7, 11) is 1.50. The number of benzene rings is 2. The highest BCUT2D eigenvalue weighted by molar-refractivity contribution is 6.31. The minimum absolute atomic E-state index is 0.00424. The molecule has 0 fully saturated rings. The van der Waals surface area contributed by atoms with Crippen LogP contribution in [0.25, 0.3) is 0 Å². The first-order valence-corrected chi connectivity index (χ1v) is 10.4. The average Bonchev–Trinajstić information content (AvgIpc) is 3.00. The van der Waals surface area contributed by atoms with Crippen LogP contribution < -0.4 is 9.47 Å². The van der Waals surface area contributed by atoms with Crippen LogP contribution in [-0.4, -0.2) is 34.6 Å². The zero-order valence-corrected chi connectivity index (χ0v) is 18.6. The number of aliphatic hydroxyl groups is 1. The molecule has 0 radical (unpaired) electrons. The second kappa shape index (κ2) is 7.50. The number of fused-ring (bicyclic) bond motifs is 1. The van der Waals surface area contributed by atoms with E-state index in [-0.39, 0.29) is 17.7 Å². The second-order valence-electron chi connectivity index (χ2n) is 8.41.